The molecule has 4 atom stereocenters. The van der Waals surface area contributed by atoms with Crippen LogP contribution < -0.4 is 18.3 Å². The maximum Gasteiger partial charge on any atom is 0.213 e. The normalized spacial score (nSPS) is 25.3. The Labute approximate surface area is 673 Å². The fourth-order valence-electron chi connectivity index (χ4n) is 21.8. The Balaban J connectivity index is 0.000000110. The number of hydrogen-bond acceptors (Lipinski definition) is 0. The second-order valence-corrected chi connectivity index (χ2v) is 35.5. The predicted octanol–water partition coefficient (Wildman–Crippen LogP) is 25.8. The molecule has 568 valence electrons. The summed E-state index contributed by atoms with van der Waals surface area (Å²) in [6.07, 6.45) is 35.6. The van der Waals surface area contributed by atoms with Gasteiger partial charge in [0.25, 0.3) is 0 Å². The zero-order valence-electron chi connectivity index (χ0n) is 70.1. The van der Waals surface area contributed by atoms with Gasteiger partial charge in [-0.15, -0.1) is 0 Å². The maximum absolute atomic E-state index is 9.34. The van der Waals surface area contributed by atoms with Crippen LogP contribution in [0.5, 0.6) is 0 Å². The van der Waals surface area contributed by atoms with Crippen LogP contribution in [0.1, 0.15) is 199 Å². The first-order chi connectivity index (χ1) is 55.5. The average Bonchev–Trinajstić information content (AvgIpc) is 0.742. The highest BCUT2D eigenvalue weighted by Gasteiger charge is 2.40. The van der Waals surface area contributed by atoms with Gasteiger partial charge >= 0.3 is 0 Å². The van der Waals surface area contributed by atoms with E-state index in [1.54, 1.807) is 11.1 Å². The Hall–Kier alpha value is -9.64. The molecule has 112 heavy (non-hydrogen) atoms. The summed E-state index contributed by atoms with van der Waals surface area (Å²) in [5.41, 5.74) is 31.2. The van der Waals surface area contributed by atoms with E-state index in [4.69, 9.17) is 0 Å². The number of aryl methyl sites for hydroxylation is 8. The van der Waals surface area contributed by atoms with E-state index in [1.807, 2.05) is 0 Å². The molecular weight excluding hydrogens is 1350 g/mol. The second-order valence-electron chi connectivity index (χ2n) is 35.5. The summed E-state index contributed by atoms with van der Waals surface area (Å²) in [7, 11) is 8.49. The number of pyridine rings is 4. The summed E-state index contributed by atoms with van der Waals surface area (Å²) in [6, 6.07) is 89.2. The molecule has 0 aliphatic heterocycles. The summed E-state index contributed by atoms with van der Waals surface area (Å²) in [6.45, 7) is 8.72. The number of aromatic nitrogens is 4. The van der Waals surface area contributed by atoms with E-state index in [-0.39, 0.29) is 5.89 Å². The largest absolute Gasteiger partial charge is 0.213 e. The molecule has 0 N–H and O–H groups in total. The van der Waals surface area contributed by atoms with E-state index < -0.39 is 5.89 Å². The lowest BCUT2D eigenvalue weighted by Gasteiger charge is -2.42. The van der Waals surface area contributed by atoms with Crippen molar-refractivity contribution >= 4 is 0 Å². The lowest BCUT2D eigenvalue weighted by molar-refractivity contribution is -0.660. The molecule has 4 unspecified atom stereocenters. The van der Waals surface area contributed by atoms with Crippen molar-refractivity contribution in [3.05, 3.63) is 312 Å². The van der Waals surface area contributed by atoms with Crippen LogP contribution in [0.4, 0.5) is 0 Å². The Morgan fingerprint density at radius 3 is 0.830 bits per heavy atom. The van der Waals surface area contributed by atoms with E-state index in [0.717, 1.165) is 60.2 Å². The van der Waals surface area contributed by atoms with Crippen LogP contribution in [-0.4, -0.2) is 0 Å². The quantitative estimate of drug-likeness (QED) is 0.108. The van der Waals surface area contributed by atoms with E-state index in [9.17, 15) is 2.74 Å². The third-order valence-corrected chi connectivity index (χ3v) is 28.6. The van der Waals surface area contributed by atoms with Gasteiger partial charge in [0.1, 0.15) is 28.2 Å². The molecule has 0 radical (unpaired) electrons. The fourth-order valence-corrected chi connectivity index (χ4v) is 21.8. The molecule has 0 saturated heterocycles. The van der Waals surface area contributed by atoms with Crippen molar-refractivity contribution < 1.29 is 21.0 Å². The van der Waals surface area contributed by atoms with Crippen LogP contribution in [0.15, 0.2) is 267 Å². The SMILES string of the molecule is Cc1ccccc1-c1cc(-c2ccc(C3CC4CCC3CC4)cc2)cc[n+]1C.Cc1ccccc1-c1cc(-c2cccc(C3CC4CCC3CC4)c2)cc[n+]1C.[2H]C1(c2ccc(-c3cc[n+](C)c(-c4ccccc4C)c3)cc2)CC2CCC1CC2.[2H]C1(c2cccc(-c3cc[n+](C)c(-c4ccccc4C)c3)c2)CC2CCC1CC2. The molecule has 8 bridgehead atoms. The number of nitrogens with zero attached hydrogens (tertiary/aromatic N) is 4. The lowest BCUT2D eigenvalue weighted by Crippen LogP contribution is -2.30. The Kier molecular flexibility index (Phi) is 21.8. The number of hydrogen-bond donors (Lipinski definition) is 0. The Bertz CT molecular complexity index is 5390. The Morgan fingerprint density at radius 1 is 0.232 bits per heavy atom. The van der Waals surface area contributed by atoms with Gasteiger partial charge in [0, 0.05) is 73.5 Å². The van der Waals surface area contributed by atoms with Gasteiger partial charge in [0.2, 0.25) is 22.8 Å². The van der Waals surface area contributed by atoms with Crippen molar-refractivity contribution in [3.63, 3.8) is 0 Å². The first-order valence-corrected chi connectivity index (χ1v) is 43.1. The van der Waals surface area contributed by atoms with Gasteiger partial charge in [-0.1, -0.05) is 221 Å². The standard InChI is InChI=1S/4C27H30N/c2*1-19-6-3-4-9-25(19)27-18-23(14-15-28(27)2)22-7-5-8-24(17-22)26-16-20-10-12-21(26)13-11-20;2*1-19-5-3-4-6-25(19)27-18-24(15-16-28(27)2)21-11-13-23(14-12-21)26-17-20-7-9-22(26)10-8-20/h2*3-9,14-15,17-18,20-21,26H,10-13,16H2,1-2H3;2*3-6,11-16,18,20,22,26H,7-10,17H2,1-2H3/q4*+1/i26D;;26D;. The summed E-state index contributed by atoms with van der Waals surface area (Å²) < 4.78 is 27.4. The molecule has 8 aromatic carbocycles. The minimum Gasteiger partial charge on any atom is -0.201 e. The lowest BCUT2D eigenvalue weighted by atomic mass is 9.63. The van der Waals surface area contributed by atoms with Gasteiger partial charge in [0.05, 0.1) is 0 Å². The number of fused-ring (bicyclic) bond motifs is 12. The van der Waals surface area contributed by atoms with Gasteiger partial charge in [-0.25, -0.2) is 18.3 Å². The zero-order chi connectivity index (χ0) is 78.2. The van der Waals surface area contributed by atoms with E-state index in [2.05, 4.69) is 342 Å². The molecule has 0 amide bonds. The molecule has 4 heteroatoms. The highest BCUT2D eigenvalue weighted by Crippen LogP contribution is 2.54. The van der Waals surface area contributed by atoms with Gasteiger partial charge in [-0.2, -0.15) is 0 Å². The minimum absolute atomic E-state index is 0.366. The second kappa shape index (κ2) is 33.6. The summed E-state index contributed by atoms with van der Waals surface area (Å²) in [5.74, 6) is 7.22. The molecule has 12 aromatic rings. The van der Waals surface area contributed by atoms with Crippen molar-refractivity contribution in [2.24, 2.45) is 75.5 Å². The van der Waals surface area contributed by atoms with Crippen LogP contribution >= 0.6 is 0 Å². The molecule has 12 aliphatic rings. The van der Waals surface area contributed by atoms with Crippen molar-refractivity contribution in [2.45, 2.75) is 180 Å². The fraction of sp³-hybridized carbons (Fsp3) is 0.370. The molecule has 12 saturated carbocycles. The summed E-state index contributed by atoms with van der Waals surface area (Å²) in [4.78, 5) is 0. The zero-order valence-corrected chi connectivity index (χ0v) is 68.1. The van der Waals surface area contributed by atoms with Gasteiger partial charge in [-0.3, -0.25) is 0 Å². The molecule has 4 nitrogen and oxygen atoms in total. The smallest absolute Gasteiger partial charge is 0.201 e. The molecule has 4 aromatic heterocycles. The van der Waals surface area contributed by atoms with Crippen LogP contribution in [0.2, 0.25) is 0 Å². The van der Waals surface area contributed by atoms with Crippen LogP contribution in [-0.2, 0) is 28.2 Å². The molecule has 12 fully saturated rings. The van der Waals surface area contributed by atoms with Crippen molar-refractivity contribution in [1.29, 1.82) is 0 Å². The molecule has 12 aliphatic carbocycles. The topological polar surface area (TPSA) is 15.5 Å². The van der Waals surface area contributed by atoms with Crippen LogP contribution in [0.3, 0.4) is 0 Å². The third kappa shape index (κ3) is 16.3. The minimum atomic E-state index is -0.393. The maximum atomic E-state index is 9.34. The molecule has 0 spiro atoms. The monoisotopic (exact) mass is 1470 g/mol. The molecular formula is C108H120N4+4. The first-order valence-electron chi connectivity index (χ1n) is 44.1. The summed E-state index contributed by atoms with van der Waals surface area (Å²) >= 11 is 0. The number of rotatable bonds is 12. The van der Waals surface area contributed by atoms with Crippen molar-refractivity contribution in [3.8, 4) is 89.5 Å². The van der Waals surface area contributed by atoms with Gasteiger partial charge in [-0.05, 0) is 289 Å². The van der Waals surface area contributed by atoms with Gasteiger partial charge in [0.15, 0.2) is 24.8 Å². The Morgan fingerprint density at radius 2 is 0.509 bits per heavy atom. The number of benzene rings is 8. The highest BCUT2D eigenvalue weighted by molar-refractivity contribution is 5.75. The molecule has 4 heterocycles. The van der Waals surface area contributed by atoms with E-state index in [1.165, 1.54) is 238 Å². The first kappa shape index (κ1) is 72.6. The van der Waals surface area contributed by atoms with Crippen molar-refractivity contribution in [1.82, 2.24) is 0 Å². The average molecular weight is 1480 g/mol. The van der Waals surface area contributed by atoms with Crippen LogP contribution in [0, 0.1) is 75.0 Å². The predicted molar refractivity (Wildman–Crippen MR) is 464 cm³/mol. The highest BCUT2D eigenvalue weighted by atomic mass is 14.9. The van der Waals surface area contributed by atoms with Gasteiger partial charge < -0.3 is 0 Å². The third-order valence-electron chi connectivity index (χ3n) is 28.6. The van der Waals surface area contributed by atoms with Crippen molar-refractivity contribution in [2.75, 3.05) is 0 Å². The molecule has 24 rings (SSSR count). The van der Waals surface area contributed by atoms with E-state index in [0.29, 0.717) is 11.8 Å². The van der Waals surface area contributed by atoms with Crippen LogP contribution in [0.25, 0.3) is 89.5 Å². The van der Waals surface area contributed by atoms with E-state index >= 15 is 0 Å². The summed E-state index contributed by atoms with van der Waals surface area (Å²) in [5, 5.41) is 0.